The van der Waals surface area contributed by atoms with Crippen molar-refractivity contribution in [3.63, 3.8) is 0 Å². The molecule has 2 N–H and O–H groups in total. The third kappa shape index (κ3) is 5.08. The molecule has 2 aromatic carbocycles. The van der Waals surface area contributed by atoms with Crippen molar-refractivity contribution in [2.24, 2.45) is 0 Å². The molecule has 0 unspecified atom stereocenters. The number of rotatable bonds is 6. The highest BCUT2D eigenvalue weighted by atomic mass is 16.5. The number of ether oxygens (including phenoxy) is 1. The molecule has 0 bridgehead atoms. The summed E-state index contributed by atoms with van der Waals surface area (Å²) in [5.41, 5.74) is 4.78. The Hall–Kier alpha value is -2.82. The molecule has 0 aromatic heterocycles. The summed E-state index contributed by atoms with van der Waals surface area (Å²) in [6.45, 7) is 0.499. The van der Waals surface area contributed by atoms with Crippen molar-refractivity contribution < 1.29 is 14.3 Å². The lowest BCUT2D eigenvalue weighted by Crippen LogP contribution is -2.38. The summed E-state index contributed by atoms with van der Waals surface area (Å²) in [6.07, 6.45) is 3.47. The molecule has 0 spiro atoms. The second-order valence-electron chi connectivity index (χ2n) is 6.14. The minimum absolute atomic E-state index is 0.150. The largest absolute Gasteiger partial charge is 0.460 e. The summed E-state index contributed by atoms with van der Waals surface area (Å²) < 4.78 is 5.11. The van der Waals surface area contributed by atoms with E-state index in [1.54, 1.807) is 0 Å². The maximum atomic E-state index is 11.8. The molecule has 1 aliphatic carbocycles. The fourth-order valence-corrected chi connectivity index (χ4v) is 2.92. The Bertz CT molecular complexity index is 744. The number of hydrogen-bond donors (Lipinski definition) is 2. The average Bonchev–Trinajstić information content (AvgIpc) is 3.11. The van der Waals surface area contributed by atoms with Crippen LogP contribution in [0, 0.1) is 0 Å². The maximum Gasteiger partial charge on any atom is 0.325 e. The predicted octanol–water partition coefficient (Wildman–Crippen LogP) is 2.72. The van der Waals surface area contributed by atoms with Crippen LogP contribution in [0.25, 0.3) is 0 Å². The lowest BCUT2D eigenvalue weighted by Gasteiger charge is -2.09. The van der Waals surface area contributed by atoms with Crippen LogP contribution in [-0.2, 0) is 35.5 Å². The van der Waals surface area contributed by atoms with E-state index in [0.717, 1.165) is 24.0 Å². The molecular weight excluding hydrogens is 316 g/mol. The van der Waals surface area contributed by atoms with E-state index in [4.69, 9.17) is 4.74 Å². The van der Waals surface area contributed by atoms with Gasteiger partial charge in [-0.3, -0.25) is 4.79 Å². The number of benzene rings is 2. The number of carbonyl (C=O) groups is 2. The van der Waals surface area contributed by atoms with E-state index in [-0.39, 0.29) is 19.2 Å². The van der Waals surface area contributed by atoms with Crippen LogP contribution in [0.4, 0.5) is 4.79 Å². The molecule has 0 radical (unpaired) electrons. The van der Waals surface area contributed by atoms with Gasteiger partial charge < -0.3 is 15.4 Å². The first kappa shape index (κ1) is 17.0. The van der Waals surface area contributed by atoms with E-state index in [1.165, 1.54) is 17.5 Å². The Morgan fingerprint density at radius 3 is 2.56 bits per heavy atom. The second-order valence-corrected chi connectivity index (χ2v) is 6.14. The summed E-state index contributed by atoms with van der Waals surface area (Å²) >= 11 is 0. The molecule has 2 amide bonds. The Morgan fingerprint density at radius 1 is 0.920 bits per heavy atom. The van der Waals surface area contributed by atoms with Gasteiger partial charge in [0.05, 0.1) is 0 Å². The van der Waals surface area contributed by atoms with Crippen molar-refractivity contribution in [2.75, 3.05) is 6.54 Å². The highest BCUT2D eigenvalue weighted by Gasteiger charge is 2.11. The van der Waals surface area contributed by atoms with E-state index in [9.17, 15) is 9.59 Å². The molecule has 0 atom stereocenters. The number of carbonyl (C=O) groups excluding carboxylic acids is 2. The third-order valence-electron chi connectivity index (χ3n) is 4.25. The molecule has 130 valence electrons. The molecule has 2 aromatic rings. The van der Waals surface area contributed by atoms with Crippen molar-refractivity contribution in [1.82, 2.24) is 10.6 Å². The van der Waals surface area contributed by atoms with Crippen molar-refractivity contribution >= 4 is 12.0 Å². The number of hydrogen-bond acceptors (Lipinski definition) is 3. The fourth-order valence-electron chi connectivity index (χ4n) is 2.92. The van der Waals surface area contributed by atoms with Gasteiger partial charge in [-0.05, 0) is 41.5 Å². The molecular formula is C20H22N2O3. The lowest BCUT2D eigenvalue weighted by molar-refractivity contribution is -0.143. The summed E-state index contributed by atoms with van der Waals surface area (Å²) in [4.78, 5) is 23.5. The molecule has 0 saturated heterocycles. The van der Waals surface area contributed by atoms with Crippen molar-refractivity contribution in [3.8, 4) is 0 Å². The molecule has 0 saturated carbocycles. The molecule has 0 aliphatic heterocycles. The van der Waals surface area contributed by atoms with Crippen LogP contribution >= 0.6 is 0 Å². The second kappa shape index (κ2) is 8.33. The lowest BCUT2D eigenvalue weighted by atomic mass is 10.1. The number of amides is 2. The molecule has 0 heterocycles. The zero-order valence-corrected chi connectivity index (χ0v) is 14.1. The summed E-state index contributed by atoms with van der Waals surface area (Å²) in [5.74, 6) is -0.462. The number of aryl methyl sites for hydroxylation is 2. The van der Waals surface area contributed by atoms with Gasteiger partial charge >= 0.3 is 12.0 Å². The Morgan fingerprint density at radius 2 is 1.72 bits per heavy atom. The minimum Gasteiger partial charge on any atom is -0.460 e. The van der Waals surface area contributed by atoms with Crippen LogP contribution in [0.1, 0.15) is 28.7 Å². The van der Waals surface area contributed by atoms with Crippen LogP contribution < -0.4 is 10.6 Å². The normalized spacial score (nSPS) is 12.3. The van der Waals surface area contributed by atoms with Gasteiger partial charge in [0.2, 0.25) is 0 Å². The van der Waals surface area contributed by atoms with Gasteiger partial charge in [0.1, 0.15) is 13.2 Å². The van der Waals surface area contributed by atoms with Gasteiger partial charge in [-0.2, -0.15) is 0 Å². The van der Waals surface area contributed by atoms with Gasteiger partial charge in [-0.1, -0.05) is 48.5 Å². The SMILES string of the molecule is O=C(NCC(=O)OCc1ccccc1)NCc1ccc2c(c1)CCC2. The van der Waals surface area contributed by atoms with Crippen LogP contribution in [0.15, 0.2) is 48.5 Å². The highest BCUT2D eigenvalue weighted by molar-refractivity contribution is 5.80. The van der Waals surface area contributed by atoms with E-state index < -0.39 is 5.97 Å². The summed E-state index contributed by atoms with van der Waals surface area (Å²) in [6, 6.07) is 15.4. The molecule has 5 heteroatoms. The van der Waals surface area contributed by atoms with E-state index in [2.05, 4.69) is 22.8 Å². The zero-order chi connectivity index (χ0) is 17.5. The van der Waals surface area contributed by atoms with Crippen molar-refractivity contribution in [3.05, 3.63) is 70.8 Å². The van der Waals surface area contributed by atoms with Gasteiger partial charge in [0.25, 0.3) is 0 Å². The van der Waals surface area contributed by atoms with Gasteiger partial charge in [0.15, 0.2) is 0 Å². The van der Waals surface area contributed by atoms with Crippen LogP contribution in [0.3, 0.4) is 0 Å². The first-order chi connectivity index (χ1) is 12.2. The Balaban J connectivity index is 1.35. The topological polar surface area (TPSA) is 67.4 Å². The van der Waals surface area contributed by atoms with Gasteiger partial charge in [0, 0.05) is 6.54 Å². The number of nitrogens with one attached hydrogen (secondary N) is 2. The maximum absolute atomic E-state index is 11.8. The Kier molecular flexibility index (Phi) is 5.67. The third-order valence-corrected chi connectivity index (χ3v) is 4.25. The first-order valence-electron chi connectivity index (χ1n) is 8.52. The average molecular weight is 338 g/mol. The van der Waals surface area contributed by atoms with Crippen LogP contribution in [0.2, 0.25) is 0 Å². The molecule has 1 aliphatic rings. The van der Waals surface area contributed by atoms with E-state index >= 15 is 0 Å². The van der Waals surface area contributed by atoms with E-state index in [0.29, 0.717) is 6.54 Å². The zero-order valence-electron chi connectivity index (χ0n) is 14.1. The number of urea groups is 1. The summed E-state index contributed by atoms with van der Waals surface area (Å²) in [7, 11) is 0. The molecule has 3 rings (SSSR count). The quantitative estimate of drug-likeness (QED) is 0.796. The van der Waals surface area contributed by atoms with Crippen molar-refractivity contribution in [1.29, 1.82) is 0 Å². The standard InChI is InChI=1S/C20H22N2O3/c23-19(25-14-15-5-2-1-3-6-15)13-22-20(24)21-12-16-9-10-17-7-4-8-18(17)11-16/h1-3,5-6,9-11H,4,7-8,12-14H2,(H2,21,22,24). The minimum atomic E-state index is -0.462. The Labute approximate surface area is 147 Å². The number of fused-ring (bicyclic) bond motifs is 1. The first-order valence-corrected chi connectivity index (χ1v) is 8.52. The van der Waals surface area contributed by atoms with Crippen LogP contribution in [-0.4, -0.2) is 18.5 Å². The molecule has 25 heavy (non-hydrogen) atoms. The summed E-state index contributed by atoms with van der Waals surface area (Å²) in [5, 5.41) is 5.28. The molecule has 0 fully saturated rings. The van der Waals surface area contributed by atoms with Crippen LogP contribution in [0.5, 0.6) is 0 Å². The smallest absolute Gasteiger partial charge is 0.325 e. The number of esters is 1. The van der Waals surface area contributed by atoms with E-state index in [1.807, 2.05) is 36.4 Å². The van der Waals surface area contributed by atoms with Gasteiger partial charge in [-0.25, -0.2) is 4.79 Å². The van der Waals surface area contributed by atoms with Gasteiger partial charge in [-0.15, -0.1) is 0 Å². The van der Waals surface area contributed by atoms with Crippen molar-refractivity contribution in [2.45, 2.75) is 32.4 Å². The molecule has 5 nitrogen and oxygen atoms in total. The predicted molar refractivity (Wildman–Crippen MR) is 94.9 cm³/mol. The fraction of sp³-hybridized carbons (Fsp3) is 0.300. The highest BCUT2D eigenvalue weighted by Crippen LogP contribution is 2.22. The monoisotopic (exact) mass is 338 g/mol.